The van der Waals surface area contributed by atoms with Gasteiger partial charge >= 0.3 is 0 Å². The van der Waals surface area contributed by atoms with Crippen molar-refractivity contribution in [2.24, 2.45) is 0 Å². The van der Waals surface area contributed by atoms with E-state index in [9.17, 15) is 9.59 Å². The van der Waals surface area contributed by atoms with Crippen LogP contribution in [0.3, 0.4) is 0 Å². The van der Waals surface area contributed by atoms with E-state index < -0.39 is 0 Å². The molecule has 0 atom stereocenters. The molecule has 1 aromatic rings. The van der Waals surface area contributed by atoms with Gasteiger partial charge in [-0.3, -0.25) is 9.59 Å². The van der Waals surface area contributed by atoms with Gasteiger partial charge < -0.3 is 19.4 Å². The summed E-state index contributed by atoms with van der Waals surface area (Å²) in [7, 11) is 0. The maximum Gasteiger partial charge on any atom is 0.272 e. The smallest absolute Gasteiger partial charge is 0.272 e. The normalized spacial score (nSPS) is 19.2. The van der Waals surface area contributed by atoms with E-state index in [4.69, 9.17) is 4.74 Å². The average Bonchev–Trinajstić information content (AvgIpc) is 2.62. The van der Waals surface area contributed by atoms with Gasteiger partial charge in [0.05, 0.1) is 13.2 Å². The number of rotatable bonds is 3. The highest BCUT2D eigenvalue weighted by atomic mass is 16.5. The minimum atomic E-state index is -0.109. The van der Waals surface area contributed by atoms with E-state index in [-0.39, 0.29) is 5.91 Å². The Kier molecular flexibility index (Phi) is 4.47. The van der Waals surface area contributed by atoms with Crippen LogP contribution in [0.15, 0.2) is 12.4 Å². The lowest BCUT2D eigenvalue weighted by atomic mass is 10.2. The summed E-state index contributed by atoms with van der Waals surface area (Å²) in [5, 5.41) is 0. The van der Waals surface area contributed by atoms with Gasteiger partial charge in [0.25, 0.3) is 5.91 Å². The molecule has 8 heteroatoms. The van der Waals surface area contributed by atoms with Gasteiger partial charge in [-0.05, 0) is 0 Å². The fraction of sp³-hybridized carbons (Fsp3) is 0.571. The van der Waals surface area contributed by atoms with Crippen molar-refractivity contribution < 1.29 is 14.3 Å². The molecule has 0 radical (unpaired) electrons. The largest absolute Gasteiger partial charge is 0.378 e. The van der Waals surface area contributed by atoms with Crippen molar-refractivity contribution in [1.82, 2.24) is 19.8 Å². The third kappa shape index (κ3) is 3.16. The maximum absolute atomic E-state index is 12.5. The van der Waals surface area contributed by atoms with Crippen molar-refractivity contribution in [1.29, 1.82) is 0 Å². The maximum atomic E-state index is 12.5. The number of ether oxygens (including phenoxy) is 1. The van der Waals surface area contributed by atoms with Gasteiger partial charge in [-0.2, -0.15) is 0 Å². The van der Waals surface area contributed by atoms with E-state index in [1.54, 1.807) is 15.9 Å². The highest BCUT2D eigenvalue weighted by molar-refractivity contribution is 5.93. The first-order chi connectivity index (χ1) is 10.8. The van der Waals surface area contributed by atoms with Gasteiger partial charge in [0.15, 0.2) is 0 Å². The Labute approximate surface area is 128 Å². The number of piperazine rings is 1. The second-order valence-corrected chi connectivity index (χ2v) is 5.29. The van der Waals surface area contributed by atoms with Crippen molar-refractivity contribution in [3.63, 3.8) is 0 Å². The molecular weight excluding hydrogens is 286 g/mol. The molecule has 0 bridgehead atoms. The number of hydrogen-bond acceptors (Lipinski definition) is 6. The lowest BCUT2D eigenvalue weighted by Gasteiger charge is -2.32. The molecule has 0 aromatic carbocycles. The topological polar surface area (TPSA) is 78.9 Å². The van der Waals surface area contributed by atoms with Crippen LogP contribution in [0.1, 0.15) is 10.5 Å². The number of anilines is 1. The third-order valence-electron chi connectivity index (χ3n) is 3.96. The number of hydrogen-bond donors (Lipinski definition) is 0. The fourth-order valence-corrected chi connectivity index (χ4v) is 2.62. The molecule has 0 saturated carbocycles. The van der Waals surface area contributed by atoms with Crippen LogP contribution >= 0.6 is 0 Å². The minimum absolute atomic E-state index is 0.109. The zero-order valence-electron chi connectivity index (χ0n) is 12.3. The summed E-state index contributed by atoms with van der Waals surface area (Å²) in [6.45, 7) is 5.07. The van der Waals surface area contributed by atoms with Crippen LogP contribution in [0, 0.1) is 0 Å². The number of carbonyl (C=O) groups is 2. The molecule has 0 N–H and O–H groups in total. The van der Waals surface area contributed by atoms with Crippen LogP contribution in [0.4, 0.5) is 5.82 Å². The molecule has 0 spiro atoms. The SMILES string of the molecule is O=CN1CCN(C(=O)c2cc(N3CCOCC3)ncn2)CC1. The second-order valence-electron chi connectivity index (χ2n) is 5.29. The number of morpholine rings is 1. The lowest BCUT2D eigenvalue weighted by Crippen LogP contribution is -2.48. The fourth-order valence-electron chi connectivity index (χ4n) is 2.62. The Balaban J connectivity index is 1.69. The predicted molar refractivity (Wildman–Crippen MR) is 78.6 cm³/mol. The Morgan fingerprint density at radius 1 is 1.09 bits per heavy atom. The number of aromatic nitrogens is 2. The molecular formula is C14H19N5O3. The zero-order valence-corrected chi connectivity index (χ0v) is 12.3. The summed E-state index contributed by atoms with van der Waals surface area (Å²) in [5.41, 5.74) is 0.399. The summed E-state index contributed by atoms with van der Waals surface area (Å²) in [6, 6.07) is 1.74. The van der Waals surface area contributed by atoms with Crippen LogP contribution in [0.5, 0.6) is 0 Å². The lowest BCUT2D eigenvalue weighted by molar-refractivity contribution is -0.119. The third-order valence-corrected chi connectivity index (χ3v) is 3.96. The monoisotopic (exact) mass is 305 g/mol. The Bertz CT molecular complexity index is 539. The first-order valence-corrected chi connectivity index (χ1v) is 7.41. The average molecular weight is 305 g/mol. The van der Waals surface area contributed by atoms with Crippen LogP contribution in [-0.4, -0.2) is 84.6 Å². The van der Waals surface area contributed by atoms with Crippen LogP contribution < -0.4 is 4.90 Å². The summed E-state index contributed by atoms with van der Waals surface area (Å²) in [5.74, 6) is 0.649. The van der Waals surface area contributed by atoms with Crippen molar-refractivity contribution in [2.75, 3.05) is 57.4 Å². The Hall–Kier alpha value is -2.22. The zero-order chi connectivity index (χ0) is 15.4. The molecule has 2 amide bonds. The van der Waals surface area contributed by atoms with Gasteiger partial charge in [-0.15, -0.1) is 0 Å². The van der Waals surface area contributed by atoms with Crippen LogP contribution in [-0.2, 0) is 9.53 Å². The summed E-state index contributed by atoms with van der Waals surface area (Å²) in [4.78, 5) is 37.1. The first-order valence-electron chi connectivity index (χ1n) is 7.41. The predicted octanol–water partition coefficient (Wildman–Crippen LogP) is -0.773. The van der Waals surface area contributed by atoms with Gasteiger partial charge in [-0.25, -0.2) is 9.97 Å². The number of nitrogens with zero attached hydrogens (tertiary/aromatic N) is 5. The molecule has 2 fully saturated rings. The quantitative estimate of drug-likeness (QED) is 0.682. The molecule has 2 aliphatic heterocycles. The first kappa shape index (κ1) is 14.7. The van der Waals surface area contributed by atoms with Gasteiger partial charge in [0.2, 0.25) is 6.41 Å². The number of carbonyl (C=O) groups excluding carboxylic acids is 2. The molecule has 0 aliphatic carbocycles. The summed E-state index contributed by atoms with van der Waals surface area (Å²) < 4.78 is 5.32. The van der Waals surface area contributed by atoms with E-state index in [1.807, 2.05) is 0 Å². The van der Waals surface area contributed by atoms with E-state index in [0.29, 0.717) is 45.1 Å². The molecule has 2 aliphatic rings. The Morgan fingerprint density at radius 3 is 2.50 bits per heavy atom. The van der Waals surface area contributed by atoms with Crippen molar-refractivity contribution in [2.45, 2.75) is 0 Å². The molecule has 1 aromatic heterocycles. The van der Waals surface area contributed by atoms with Crippen LogP contribution in [0.25, 0.3) is 0 Å². The van der Waals surface area contributed by atoms with E-state index in [2.05, 4.69) is 14.9 Å². The van der Waals surface area contributed by atoms with E-state index >= 15 is 0 Å². The minimum Gasteiger partial charge on any atom is -0.378 e. The second kappa shape index (κ2) is 6.69. The standard InChI is InChI=1S/C14H19N5O3/c20-11-17-1-3-19(4-2-17)14(21)12-9-13(16-10-15-12)18-5-7-22-8-6-18/h9-11H,1-8H2. The van der Waals surface area contributed by atoms with Crippen molar-refractivity contribution >= 4 is 18.1 Å². The molecule has 2 saturated heterocycles. The highest BCUT2D eigenvalue weighted by Gasteiger charge is 2.23. The Morgan fingerprint density at radius 2 is 1.82 bits per heavy atom. The summed E-state index contributed by atoms with van der Waals surface area (Å²) in [6.07, 6.45) is 2.25. The highest BCUT2D eigenvalue weighted by Crippen LogP contribution is 2.14. The van der Waals surface area contributed by atoms with Gasteiger partial charge in [0, 0.05) is 45.3 Å². The summed E-state index contributed by atoms with van der Waals surface area (Å²) >= 11 is 0. The molecule has 118 valence electrons. The van der Waals surface area contributed by atoms with Crippen molar-refractivity contribution in [3.8, 4) is 0 Å². The van der Waals surface area contributed by atoms with Gasteiger partial charge in [0.1, 0.15) is 17.8 Å². The molecule has 8 nitrogen and oxygen atoms in total. The van der Waals surface area contributed by atoms with E-state index in [0.717, 1.165) is 25.3 Å². The molecule has 0 unspecified atom stereocenters. The number of amides is 2. The van der Waals surface area contributed by atoms with E-state index in [1.165, 1.54) is 6.33 Å². The molecule has 22 heavy (non-hydrogen) atoms. The molecule has 3 rings (SSSR count). The van der Waals surface area contributed by atoms with Crippen molar-refractivity contribution in [3.05, 3.63) is 18.1 Å². The molecule has 3 heterocycles. The van der Waals surface area contributed by atoms with Crippen LogP contribution in [0.2, 0.25) is 0 Å². The van der Waals surface area contributed by atoms with Gasteiger partial charge in [-0.1, -0.05) is 0 Å².